The molecule has 4 heteroatoms. The lowest BCUT2D eigenvalue weighted by Crippen LogP contribution is -2.17. The van der Waals surface area contributed by atoms with E-state index in [0.29, 0.717) is 13.2 Å². The smallest absolute Gasteiger partial charge is 0.119 e. The van der Waals surface area contributed by atoms with Crippen LogP contribution in [0.5, 0.6) is 5.75 Å². The fourth-order valence-electron chi connectivity index (χ4n) is 1.90. The van der Waals surface area contributed by atoms with Crippen LogP contribution < -0.4 is 10.5 Å². The van der Waals surface area contributed by atoms with Crippen LogP contribution >= 0.6 is 11.3 Å². The van der Waals surface area contributed by atoms with E-state index in [0.717, 1.165) is 17.7 Å². The van der Waals surface area contributed by atoms with Crippen molar-refractivity contribution in [2.45, 2.75) is 12.5 Å². The summed E-state index contributed by atoms with van der Waals surface area (Å²) in [7, 11) is 1.66. The molecule has 2 N–H and O–H groups in total. The predicted molar refractivity (Wildman–Crippen MR) is 78.8 cm³/mol. The van der Waals surface area contributed by atoms with E-state index in [1.165, 1.54) is 4.88 Å². The molecule has 1 aromatic carbocycles. The molecular formula is C15H19NO2S. The molecule has 0 amide bonds. The summed E-state index contributed by atoms with van der Waals surface area (Å²) in [5.41, 5.74) is 6.86. The standard InChI is InChI=1S/C15H19NO2S/c1-17-13-5-2-4-12(10-13)15(11-16)18-8-7-14-6-3-9-19-14/h2-6,9-10,15H,7-8,11,16H2,1H3. The number of benzene rings is 1. The lowest BCUT2D eigenvalue weighted by Gasteiger charge is -2.17. The summed E-state index contributed by atoms with van der Waals surface area (Å²) in [4.78, 5) is 1.33. The Hall–Kier alpha value is -1.36. The molecule has 2 aromatic rings. The van der Waals surface area contributed by atoms with E-state index in [4.69, 9.17) is 15.2 Å². The lowest BCUT2D eigenvalue weighted by atomic mass is 10.1. The topological polar surface area (TPSA) is 44.5 Å². The summed E-state index contributed by atoms with van der Waals surface area (Å²) in [5.74, 6) is 0.831. The molecule has 1 heterocycles. The third-order valence-electron chi connectivity index (χ3n) is 2.93. The van der Waals surface area contributed by atoms with E-state index >= 15 is 0 Å². The summed E-state index contributed by atoms with van der Waals surface area (Å²) in [6.45, 7) is 1.15. The Labute approximate surface area is 118 Å². The van der Waals surface area contributed by atoms with E-state index in [9.17, 15) is 0 Å². The number of rotatable bonds is 7. The molecule has 2 rings (SSSR count). The van der Waals surface area contributed by atoms with Crippen molar-refractivity contribution < 1.29 is 9.47 Å². The molecule has 1 aromatic heterocycles. The molecule has 0 saturated carbocycles. The molecule has 0 saturated heterocycles. The fraction of sp³-hybridized carbons (Fsp3) is 0.333. The second-order valence-electron chi connectivity index (χ2n) is 4.20. The Bertz CT molecular complexity index is 485. The number of hydrogen-bond donors (Lipinski definition) is 1. The van der Waals surface area contributed by atoms with Crippen LogP contribution in [-0.4, -0.2) is 20.3 Å². The highest BCUT2D eigenvalue weighted by molar-refractivity contribution is 7.09. The summed E-state index contributed by atoms with van der Waals surface area (Å²) in [5, 5.41) is 2.08. The van der Waals surface area contributed by atoms with Crippen LogP contribution in [-0.2, 0) is 11.2 Å². The number of nitrogens with two attached hydrogens (primary N) is 1. The highest BCUT2D eigenvalue weighted by atomic mass is 32.1. The maximum Gasteiger partial charge on any atom is 0.119 e. The van der Waals surface area contributed by atoms with Crippen LogP contribution in [0.25, 0.3) is 0 Å². The maximum absolute atomic E-state index is 5.88. The quantitative estimate of drug-likeness (QED) is 0.846. The Balaban J connectivity index is 1.91. The van der Waals surface area contributed by atoms with Crippen molar-refractivity contribution in [3.8, 4) is 5.75 Å². The number of methoxy groups -OCH3 is 1. The molecule has 102 valence electrons. The highest BCUT2D eigenvalue weighted by Crippen LogP contribution is 2.21. The second kappa shape index (κ2) is 7.28. The van der Waals surface area contributed by atoms with Crippen molar-refractivity contribution in [2.24, 2.45) is 5.73 Å². The lowest BCUT2D eigenvalue weighted by molar-refractivity contribution is 0.0611. The summed E-state index contributed by atoms with van der Waals surface area (Å²) in [6, 6.07) is 12.1. The van der Waals surface area contributed by atoms with Gasteiger partial charge in [-0.2, -0.15) is 0 Å². The van der Waals surface area contributed by atoms with Gasteiger partial charge in [0.15, 0.2) is 0 Å². The first kappa shape index (κ1) is 14.1. The van der Waals surface area contributed by atoms with Gasteiger partial charge in [-0.25, -0.2) is 0 Å². The maximum atomic E-state index is 5.88. The molecule has 1 unspecified atom stereocenters. The second-order valence-corrected chi connectivity index (χ2v) is 5.23. The molecule has 0 fully saturated rings. The van der Waals surface area contributed by atoms with Gasteiger partial charge in [0.25, 0.3) is 0 Å². The minimum atomic E-state index is -0.0740. The molecule has 3 nitrogen and oxygen atoms in total. The SMILES string of the molecule is COc1cccc(C(CN)OCCc2cccs2)c1. The van der Waals surface area contributed by atoms with Gasteiger partial charge in [0.1, 0.15) is 5.75 Å². The van der Waals surface area contributed by atoms with Gasteiger partial charge in [-0.3, -0.25) is 0 Å². The third-order valence-corrected chi connectivity index (χ3v) is 3.86. The predicted octanol–water partition coefficient (Wildman–Crippen LogP) is 3.02. The van der Waals surface area contributed by atoms with Crippen LogP contribution in [0.2, 0.25) is 0 Å². The van der Waals surface area contributed by atoms with Crippen molar-refractivity contribution >= 4 is 11.3 Å². The van der Waals surface area contributed by atoms with Crippen LogP contribution in [0.15, 0.2) is 41.8 Å². The Morgan fingerprint density at radius 2 is 2.16 bits per heavy atom. The van der Waals surface area contributed by atoms with Gasteiger partial charge in [-0.15, -0.1) is 11.3 Å². The van der Waals surface area contributed by atoms with E-state index < -0.39 is 0 Å². The van der Waals surface area contributed by atoms with Gasteiger partial charge in [0.2, 0.25) is 0 Å². The van der Waals surface area contributed by atoms with Gasteiger partial charge >= 0.3 is 0 Å². The van der Waals surface area contributed by atoms with Crippen LogP contribution in [0.1, 0.15) is 16.5 Å². The Kier molecular flexibility index (Phi) is 5.39. The highest BCUT2D eigenvalue weighted by Gasteiger charge is 2.11. The van der Waals surface area contributed by atoms with Crippen LogP contribution in [0, 0.1) is 0 Å². The normalized spacial score (nSPS) is 12.3. The number of thiophene rings is 1. The van der Waals surface area contributed by atoms with Crippen LogP contribution in [0.4, 0.5) is 0 Å². The number of ether oxygens (including phenoxy) is 2. The van der Waals surface area contributed by atoms with Crippen LogP contribution in [0.3, 0.4) is 0 Å². The monoisotopic (exact) mass is 277 g/mol. The molecule has 0 aliphatic rings. The zero-order valence-corrected chi connectivity index (χ0v) is 11.9. The molecule has 19 heavy (non-hydrogen) atoms. The van der Waals surface area contributed by atoms with E-state index in [1.807, 2.05) is 24.3 Å². The van der Waals surface area contributed by atoms with Crippen molar-refractivity contribution in [2.75, 3.05) is 20.3 Å². The molecule has 0 aliphatic heterocycles. The zero-order chi connectivity index (χ0) is 13.5. The van der Waals surface area contributed by atoms with Crippen molar-refractivity contribution in [3.63, 3.8) is 0 Å². The summed E-state index contributed by atoms with van der Waals surface area (Å²) < 4.78 is 11.1. The van der Waals surface area contributed by atoms with Gasteiger partial charge in [-0.1, -0.05) is 18.2 Å². The minimum absolute atomic E-state index is 0.0740. The number of hydrogen-bond acceptors (Lipinski definition) is 4. The van der Waals surface area contributed by atoms with Crippen molar-refractivity contribution in [1.82, 2.24) is 0 Å². The van der Waals surface area contributed by atoms with Crippen molar-refractivity contribution in [3.05, 3.63) is 52.2 Å². The summed E-state index contributed by atoms with van der Waals surface area (Å²) >= 11 is 1.75. The Morgan fingerprint density at radius 1 is 1.26 bits per heavy atom. The average molecular weight is 277 g/mol. The molecule has 0 bridgehead atoms. The van der Waals surface area contributed by atoms with E-state index in [1.54, 1.807) is 18.4 Å². The van der Waals surface area contributed by atoms with E-state index in [2.05, 4.69) is 17.5 Å². The van der Waals surface area contributed by atoms with Crippen molar-refractivity contribution in [1.29, 1.82) is 0 Å². The first-order valence-corrected chi connectivity index (χ1v) is 7.19. The summed E-state index contributed by atoms with van der Waals surface area (Å²) in [6.07, 6.45) is 0.855. The average Bonchev–Trinajstić information content (AvgIpc) is 2.97. The molecular weight excluding hydrogens is 258 g/mol. The van der Waals surface area contributed by atoms with Gasteiger partial charge in [0.05, 0.1) is 19.8 Å². The Morgan fingerprint density at radius 3 is 2.84 bits per heavy atom. The van der Waals surface area contributed by atoms with E-state index in [-0.39, 0.29) is 6.10 Å². The largest absolute Gasteiger partial charge is 0.497 e. The van der Waals surface area contributed by atoms with Gasteiger partial charge < -0.3 is 15.2 Å². The first-order valence-electron chi connectivity index (χ1n) is 6.31. The first-order chi connectivity index (χ1) is 9.33. The molecule has 0 spiro atoms. The molecule has 0 aliphatic carbocycles. The molecule has 0 radical (unpaired) electrons. The molecule has 1 atom stereocenters. The van der Waals surface area contributed by atoms with Gasteiger partial charge in [-0.05, 0) is 29.1 Å². The fourth-order valence-corrected chi connectivity index (χ4v) is 2.59. The third kappa shape index (κ3) is 4.06. The van der Waals surface area contributed by atoms with Gasteiger partial charge in [0, 0.05) is 17.8 Å². The minimum Gasteiger partial charge on any atom is -0.497 e. The zero-order valence-electron chi connectivity index (χ0n) is 11.0.